The van der Waals surface area contributed by atoms with Gasteiger partial charge >= 0.3 is 11.1 Å². The van der Waals surface area contributed by atoms with Crippen molar-refractivity contribution in [3.05, 3.63) is 27.0 Å². The summed E-state index contributed by atoms with van der Waals surface area (Å²) in [7, 11) is 0. The van der Waals surface area contributed by atoms with Crippen LogP contribution in [0.15, 0.2) is 15.9 Å². The molecule has 14 heavy (non-hydrogen) atoms. The molecule has 0 fully saturated rings. The second kappa shape index (κ2) is 5.33. The van der Waals surface area contributed by atoms with Crippen LogP contribution in [0.4, 0.5) is 0 Å². The summed E-state index contributed by atoms with van der Waals surface area (Å²) >= 11 is 0. The molecule has 1 heterocycles. The number of ether oxygens (including phenoxy) is 1. The Bertz CT molecular complexity index is 382. The first kappa shape index (κ1) is 10.6. The van der Waals surface area contributed by atoms with Crippen LogP contribution < -0.4 is 11.1 Å². The van der Waals surface area contributed by atoms with E-state index in [0.29, 0.717) is 19.8 Å². The van der Waals surface area contributed by atoms with Gasteiger partial charge in [-0.25, -0.2) is 5.10 Å². The van der Waals surface area contributed by atoms with Gasteiger partial charge in [0.1, 0.15) is 6.33 Å². The zero-order valence-corrected chi connectivity index (χ0v) is 8.02. The number of hydrogen-bond donors (Lipinski definition) is 1. The minimum Gasteiger partial charge on any atom is -0.380 e. The van der Waals surface area contributed by atoms with E-state index in [0.717, 1.165) is 6.42 Å². The van der Waals surface area contributed by atoms with E-state index in [-0.39, 0.29) is 0 Å². The van der Waals surface area contributed by atoms with E-state index in [1.807, 2.05) is 6.92 Å². The number of nitrogens with zero attached hydrogens (tertiary/aromatic N) is 2. The number of H-pyrrole nitrogens is 1. The topological polar surface area (TPSA) is 77.0 Å². The summed E-state index contributed by atoms with van der Waals surface area (Å²) in [5.74, 6) is 0. The standard InChI is InChI=1S/C8H13N3O3/c1-2-4-14-5-3-11-6-9-10-7(12)8(11)13/h6H,2-5H2,1H3,(H,10,12). The maximum absolute atomic E-state index is 11.2. The van der Waals surface area contributed by atoms with Gasteiger partial charge in [-0.15, -0.1) is 0 Å². The van der Waals surface area contributed by atoms with Crippen LogP contribution in [0.3, 0.4) is 0 Å². The van der Waals surface area contributed by atoms with Crippen LogP contribution in [0, 0.1) is 0 Å². The third-order valence-corrected chi connectivity index (χ3v) is 1.64. The van der Waals surface area contributed by atoms with Gasteiger partial charge in [0, 0.05) is 6.61 Å². The van der Waals surface area contributed by atoms with Gasteiger partial charge in [-0.2, -0.15) is 5.10 Å². The van der Waals surface area contributed by atoms with Gasteiger partial charge < -0.3 is 4.74 Å². The van der Waals surface area contributed by atoms with Crippen LogP contribution in [-0.4, -0.2) is 28.0 Å². The van der Waals surface area contributed by atoms with Crippen LogP contribution in [-0.2, 0) is 11.3 Å². The second-order valence-corrected chi connectivity index (χ2v) is 2.80. The summed E-state index contributed by atoms with van der Waals surface area (Å²) in [5.41, 5.74) is -1.30. The van der Waals surface area contributed by atoms with Gasteiger partial charge in [0.05, 0.1) is 13.2 Å². The highest BCUT2D eigenvalue weighted by Crippen LogP contribution is 1.82. The van der Waals surface area contributed by atoms with E-state index in [4.69, 9.17) is 4.74 Å². The quantitative estimate of drug-likeness (QED) is 0.505. The Hall–Kier alpha value is -1.43. The third-order valence-electron chi connectivity index (χ3n) is 1.64. The SMILES string of the molecule is CCCOCCn1cn[nH]c(=O)c1=O. The molecule has 1 N–H and O–H groups in total. The zero-order valence-electron chi connectivity index (χ0n) is 8.02. The normalized spacial score (nSPS) is 10.4. The van der Waals surface area contributed by atoms with Crippen molar-refractivity contribution in [2.45, 2.75) is 19.9 Å². The first-order valence-corrected chi connectivity index (χ1v) is 4.47. The molecule has 1 aromatic heterocycles. The summed E-state index contributed by atoms with van der Waals surface area (Å²) in [6, 6.07) is 0. The minimum absolute atomic E-state index is 0.357. The van der Waals surface area contributed by atoms with Crippen molar-refractivity contribution in [1.29, 1.82) is 0 Å². The zero-order chi connectivity index (χ0) is 10.4. The van der Waals surface area contributed by atoms with Crippen molar-refractivity contribution in [3.8, 4) is 0 Å². The van der Waals surface area contributed by atoms with Crippen LogP contribution >= 0.6 is 0 Å². The van der Waals surface area contributed by atoms with Gasteiger partial charge in [0.25, 0.3) is 0 Å². The molecule has 0 amide bonds. The molecule has 0 radical (unpaired) electrons. The molecule has 0 atom stereocenters. The molecule has 0 aliphatic rings. The monoisotopic (exact) mass is 199 g/mol. The average Bonchev–Trinajstić information content (AvgIpc) is 2.19. The highest BCUT2D eigenvalue weighted by atomic mass is 16.5. The molecule has 0 saturated carbocycles. The summed E-state index contributed by atoms with van der Waals surface area (Å²) < 4.78 is 6.41. The molecule has 0 saturated heterocycles. The predicted octanol–water partition coefficient (Wildman–Crippen LogP) is -0.642. The number of aromatic nitrogens is 3. The third kappa shape index (κ3) is 2.81. The Morgan fingerprint density at radius 2 is 2.29 bits per heavy atom. The van der Waals surface area contributed by atoms with Crippen molar-refractivity contribution < 1.29 is 4.74 Å². The van der Waals surface area contributed by atoms with E-state index in [1.54, 1.807) is 0 Å². The van der Waals surface area contributed by atoms with E-state index in [1.165, 1.54) is 10.9 Å². The van der Waals surface area contributed by atoms with Gasteiger partial charge in [0.15, 0.2) is 0 Å². The molecule has 0 aromatic carbocycles. The number of hydrogen-bond acceptors (Lipinski definition) is 4. The first-order chi connectivity index (χ1) is 6.75. The lowest BCUT2D eigenvalue weighted by Crippen LogP contribution is -2.37. The Morgan fingerprint density at radius 3 is 3.00 bits per heavy atom. The van der Waals surface area contributed by atoms with Gasteiger partial charge in [-0.05, 0) is 6.42 Å². The minimum atomic E-state index is -0.706. The largest absolute Gasteiger partial charge is 0.380 e. The van der Waals surface area contributed by atoms with Gasteiger partial charge in [0.2, 0.25) is 0 Å². The van der Waals surface area contributed by atoms with Gasteiger partial charge in [-0.1, -0.05) is 6.92 Å². The molecular formula is C8H13N3O3. The molecule has 1 aromatic rings. The molecule has 0 unspecified atom stereocenters. The van der Waals surface area contributed by atoms with Crippen molar-refractivity contribution in [2.75, 3.05) is 13.2 Å². The molecular weight excluding hydrogens is 186 g/mol. The van der Waals surface area contributed by atoms with Crippen LogP contribution in [0.2, 0.25) is 0 Å². The number of aromatic amines is 1. The Kier molecular flexibility index (Phi) is 4.06. The molecule has 0 bridgehead atoms. The smallest absolute Gasteiger partial charge is 0.330 e. The Morgan fingerprint density at radius 1 is 1.50 bits per heavy atom. The lowest BCUT2D eigenvalue weighted by atomic mass is 10.5. The number of rotatable bonds is 5. The maximum atomic E-state index is 11.2. The molecule has 78 valence electrons. The Labute approximate surface area is 80.5 Å². The fourth-order valence-electron chi connectivity index (χ4n) is 0.956. The van der Waals surface area contributed by atoms with Crippen molar-refractivity contribution in [1.82, 2.24) is 14.8 Å². The van der Waals surface area contributed by atoms with Crippen LogP contribution in [0.1, 0.15) is 13.3 Å². The molecule has 6 heteroatoms. The predicted molar refractivity (Wildman–Crippen MR) is 50.2 cm³/mol. The van der Waals surface area contributed by atoms with E-state index in [9.17, 15) is 9.59 Å². The van der Waals surface area contributed by atoms with Gasteiger partial charge in [-0.3, -0.25) is 14.2 Å². The Balaban J connectivity index is 2.55. The second-order valence-electron chi connectivity index (χ2n) is 2.80. The van der Waals surface area contributed by atoms with Crippen LogP contribution in [0.5, 0.6) is 0 Å². The fourth-order valence-corrected chi connectivity index (χ4v) is 0.956. The summed E-state index contributed by atoms with van der Waals surface area (Å²) in [6.45, 7) is 3.43. The highest BCUT2D eigenvalue weighted by molar-refractivity contribution is 4.73. The fraction of sp³-hybridized carbons (Fsp3) is 0.625. The van der Waals surface area contributed by atoms with Crippen molar-refractivity contribution >= 4 is 0 Å². The maximum Gasteiger partial charge on any atom is 0.330 e. The van der Waals surface area contributed by atoms with Crippen molar-refractivity contribution in [3.63, 3.8) is 0 Å². The molecule has 0 aliphatic heterocycles. The lowest BCUT2D eigenvalue weighted by Gasteiger charge is -2.03. The first-order valence-electron chi connectivity index (χ1n) is 4.47. The lowest BCUT2D eigenvalue weighted by molar-refractivity contribution is 0.125. The van der Waals surface area contributed by atoms with E-state index >= 15 is 0 Å². The molecule has 0 aliphatic carbocycles. The van der Waals surface area contributed by atoms with E-state index in [2.05, 4.69) is 10.2 Å². The average molecular weight is 199 g/mol. The molecule has 6 nitrogen and oxygen atoms in total. The summed E-state index contributed by atoms with van der Waals surface area (Å²) in [6.07, 6.45) is 2.22. The van der Waals surface area contributed by atoms with E-state index < -0.39 is 11.1 Å². The molecule has 1 rings (SSSR count). The number of nitrogens with one attached hydrogen (secondary N) is 1. The van der Waals surface area contributed by atoms with Crippen LogP contribution in [0.25, 0.3) is 0 Å². The summed E-state index contributed by atoms with van der Waals surface area (Å²) in [4.78, 5) is 22.0. The summed E-state index contributed by atoms with van der Waals surface area (Å²) in [5, 5.41) is 5.58. The highest BCUT2D eigenvalue weighted by Gasteiger charge is 1.99. The van der Waals surface area contributed by atoms with Crippen molar-refractivity contribution in [2.24, 2.45) is 0 Å². The molecule has 0 spiro atoms.